The van der Waals surface area contributed by atoms with Gasteiger partial charge in [0.1, 0.15) is 5.75 Å². The number of carbonyl (C=O) groups excluding carboxylic acids is 1. The zero-order valence-electron chi connectivity index (χ0n) is 17.2. The largest absolute Gasteiger partial charge is 0.488 e. The molecule has 1 aliphatic heterocycles. The minimum atomic E-state index is -0.172. The monoisotopic (exact) mass is 420 g/mol. The molecule has 160 valence electrons. The van der Waals surface area contributed by atoms with E-state index in [1.54, 1.807) is 36.8 Å². The van der Waals surface area contributed by atoms with Crippen molar-refractivity contribution in [3.63, 3.8) is 0 Å². The minimum absolute atomic E-state index is 0.132. The number of piperidine rings is 1. The highest BCUT2D eigenvalue weighted by molar-refractivity contribution is 5.93. The van der Waals surface area contributed by atoms with Crippen LogP contribution in [-0.2, 0) is 0 Å². The smallest absolute Gasteiger partial charge is 0.262 e. The van der Waals surface area contributed by atoms with Crippen LogP contribution in [0.4, 0.5) is 0 Å². The summed E-state index contributed by atoms with van der Waals surface area (Å²) in [4.78, 5) is 29.5. The van der Waals surface area contributed by atoms with E-state index in [-0.39, 0.29) is 11.9 Å². The van der Waals surface area contributed by atoms with Crippen LogP contribution in [0.1, 0.15) is 30.1 Å². The zero-order chi connectivity index (χ0) is 21.5. The molecule has 1 atom stereocenters. The summed E-state index contributed by atoms with van der Waals surface area (Å²) in [5.41, 5.74) is 1.08. The normalized spacial score (nSPS) is 15.8. The van der Waals surface area contributed by atoms with Crippen LogP contribution in [0.2, 0.25) is 0 Å². The highest BCUT2D eigenvalue weighted by Crippen LogP contribution is 2.30. The number of rotatable bonds is 7. The van der Waals surface area contributed by atoms with E-state index in [1.807, 2.05) is 6.92 Å². The molecule has 0 aromatic carbocycles. The third-order valence-corrected chi connectivity index (χ3v) is 4.77. The number of carbonyl (C=O) groups is 1. The highest BCUT2D eigenvalue weighted by atomic mass is 16.5. The number of hydrogen-bond acceptors (Lipinski definition) is 8. The predicted molar refractivity (Wildman–Crippen MR) is 114 cm³/mol. The summed E-state index contributed by atoms with van der Waals surface area (Å²) in [6, 6.07) is 5.47. The second kappa shape index (κ2) is 9.94. The van der Waals surface area contributed by atoms with Crippen LogP contribution in [0, 0.1) is 0 Å². The summed E-state index contributed by atoms with van der Waals surface area (Å²) in [6.45, 7) is 4.18. The van der Waals surface area contributed by atoms with Crippen LogP contribution in [0.5, 0.6) is 17.4 Å². The molecule has 1 fully saturated rings. The molecule has 1 aliphatic rings. The van der Waals surface area contributed by atoms with E-state index in [9.17, 15) is 4.79 Å². The molecule has 0 spiro atoms. The van der Waals surface area contributed by atoms with Crippen molar-refractivity contribution in [3.05, 3.63) is 54.7 Å². The lowest BCUT2D eigenvalue weighted by Crippen LogP contribution is -2.45. The fourth-order valence-electron chi connectivity index (χ4n) is 3.26. The highest BCUT2D eigenvalue weighted by Gasteiger charge is 2.17. The molecule has 0 unspecified atom stereocenters. The summed E-state index contributed by atoms with van der Waals surface area (Å²) in [6.07, 6.45) is 9.91. The Bertz CT molecular complexity index is 1020. The molecular formula is C22H24N6O3. The molecule has 1 saturated heterocycles. The molecule has 9 nitrogen and oxygen atoms in total. The number of nitrogens with one attached hydrogen (secondary N) is 2. The van der Waals surface area contributed by atoms with Crippen molar-refractivity contribution in [1.82, 2.24) is 30.6 Å². The van der Waals surface area contributed by atoms with Crippen molar-refractivity contribution in [1.29, 1.82) is 0 Å². The molecule has 0 saturated carbocycles. The second-order valence-corrected chi connectivity index (χ2v) is 7.06. The molecule has 4 rings (SSSR count). The van der Waals surface area contributed by atoms with Crippen molar-refractivity contribution in [2.45, 2.75) is 25.8 Å². The van der Waals surface area contributed by atoms with Gasteiger partial charge in [0.2, 0.25) is 0 Å². The van der Waals surface area contributed by atoms with Gasteiger partial charge in [-0.15, -0.1) is 0 Å². The van der Waals surface area contributed by atoms with Gasteiger partial charge in [-0.25, -0.2) is 15.0 Å². The van der Waals surface area contributed by atoms with E-state index in [0.717, 1.165) is 25.9 Å². The first-order chi connectivity index (χ1) is 15.2. The summed E-state index contributed by atoms with van der Waals surface area (Å²) in [7, 11) is 0. The van der Waals surface area contributed by atoms with Crippen molar-refractivity contribution >= 4 is 5.91 Å². The van der Waals surface area contributed by atoms with E-state index < -0.39 is 0 Å². The number of pyridine rings is 2. The third-order valence-electron chi connectivity index (χ3n) is 4.77. The molecule has 3 aromatic rings. The van der Waals surface area contributed by atoms with Crippen molar-refractivity contribution < 1.29 is 14.3 Å². The molecule has 9 heteroatoms. The van der Waals surface area contributed by atoms with E-state index >= 15 is 0 Å². The molecular weight excluding hydrogens is 396 g/mol. The van der Waals surface area contributed by atoms with E-state index in [2.05, 4.69) is 30.6 Å². The lowest BCUT2D eigenvalue weighted by molar-refractivity contribution is 0.0930. The first-order valence-corrected chi connectivity index (χ1v) is 10.3. The van der Waals surface area contributed by atoms with Crippen LogP contribution in [0.3, 0.4) is 0 Å². The predicted octanol–water partition coefficient (Wildman–Crippen LogP) is 2.61. The molecule has 1 amide bonds. The van der Waals surface area contributed by atoms with Gasteiger partial charge in [-0.1, -0.05) is 0 Å². The fourth-order valence-corrected chi connectivity index (χ4v) is 3.26. The molecule has 4 heterocycles. The van der Waals surface area contributed by atoms with Gasteiger partial charge < -0.3 is 20.1 Å². The Morgan fingerprint density at radius 3 is 2.87 bits per heavy atom. The number of aromatic nitrogens is 4. The minimum Gasteiger partial charge on any atom is -0.488 e. The SMILES string of the molecule is CCOc1cccnc1Oc1cncc(-c2ncc(C(=O)N[C@@H]3CCCNC3)cn2)c1. The maximum Gasteiger partial charge on any atom is 0.262 e. The van der Waals surface area contributed by atoms with Gasteiger partial charge in [0.25, 0.3) is 11.8 Å². The molecule has 0 bridgehead atoms. The maximum atomic E-state index is 12.4. The lowest BCUT2D eigenvalue weighted by atomic mass is 10.1. The van der Waals surface area contributed by atoms with Gasteiger partial charge in [0, 0.05) is 42.9 Å². The Hall–Kier alpha value is -3.59. The van der Waals surface area contributed by atoms with E-state index in [0.29, 0.717) is 40.9 Å². The second-order valence-electron chi connectivity index (χ2n) is 7.06. The Morgan fingerprint density at radius 1 is 1.23 bits per heavy atom. The van der Waals surface area contributed by atoms with Gasteiger partial charge in [-0.3, -0.25) is 9.78 Å². The van der Waals surface area contributed by atoms with Gasteiger partial charge >= 0.3 is 0 Å². The summed E-state index contributed by atoms with van der Waals surface area (Å²) < 4.78 is 11.4. The average molecular weight is 420 g/mol. The lowest BCUT2D eigenvalue weighted by Gasteiger charge is -2.23. The number of ether oxygens (including phenoxy) is 2. The van der Waals surface area contributed by atoms with Crippen molar-refractivity contribution in [2.24, 2.45) is 0 Å². The molecule has 31 heavy (non-hydrogen) atoms. The third kappa shape index (κ3) is 5.32. The van der Waals surface area contributed by atoms with Gasteiger partial charge in [-0.2, -0.15) is 0 Å². The number of nitrogens with zero attached hydrogens (tertiary/aromatic N) is 4. The zero-order valence-corrected chi connectivity index (χ0v) is 17.2. The molecule has 0 aliphatic carbocycles. The number of hydrogen-bond donors (Lipinski definition) is 2. The fraction of sp³-hybridized carbons (Fsp3) is 0.318. The van der Waals surface area contributed by atoms with Gasteiger partial charge in [0.05, 0.1) is 18.4 Å². The average Bonchev–Trinajstić information content (AvgIpc) is 2.81. The van der Waals surface area contributed by atoms with Crippen LogP contribution in [0.15, 0.2) is 49.2 Å². The first-order valence-electron chi connectivity index (χ1n) is 10.3. The van der Waals surface area contributed by atoms with Crippen LogP contribution >= 0.6 is 0 Å². The van der Waals surface area contributed by atoms with Crippen LogP contribution in [0.25, 0.3) is 11.4 Å². The van der Waals surface area contributed by atoms with Crippen molar-refractivity contribution in [3.8, 4) is 28.8 Å². The van der Waals surface area contributed by atoms with Crippen LogP contribution in [-0.4, -0.2) is 51.6 Å². The summed E-state index contributed by atoms with van der Waals surface area (Å²) in [5.74, 6) is 1.66. The quantitative estimate of drug-likeness (QED) is 0.600. The van der Waals surface area contributed by atoms with Gasteiger partial charge in [0.15, 0.2) is 11.6 Å². The molecule has 3 aromatic heterocycles. The Morgan fingerprint density at radius 2 is 2.10 bits per heavy atom. The Kier molecular flexibility index (Phi) is 6.63. The topological polar surface area (TPSA) is 111 Å². The Labute approximate surface area is 180 Å². The molecule has 0 radical (unpaired) electrons. The summed E-state index contributed by atoms with van der Waals surface area (Å²) >= 11 is 0. The molecule has 2 N–H and O–H groups in total. The van der Waals surface area contributed by atoms with Gasteiger partial charge in [-0.05, 0) is 44.5 Å². The van der Waals surface area contributed by atoms with Crippen LogP contribution < -0.4 is 20.1 Å². The standard InChI is InChI=1S/C22H24N6O3/c1-2-30-19-6-4-8-25-22(19)31-18-9-15(10-24-14-18)20-26-11-16(12-27-20)21(29)28-17-5-3-7-23-13-17/h4,6,8-12,14,17,23H,2-3,5,7,13H2,1H3,(H,28,29)/t17-/m1/s1. The van der Waals surface area contributed by atoms with Crippen molar-refractivity contribution in [2.75, 3.05) is 19.7 Å². The Balaban J connectivity index is 1.46. The first kappa shape index (κ1) is 20.7. The van der Waals surface area contributed by atoms with E-state index in [1.165, 1.54) is 12.4 Å². The maximum absolute atomic E-state index is 12.4. The number of amides is 1. The van der Waals surface area contributed by atoms with E-state index in [4.69, 9.17) is 9.47 Å². The summed E-state index contributed by atoms with van der Waals surface area (Å²) in [5, 5.41) is 6.29.